The summed E-state index contributed by atoms with van der Waals surface area (Å²) < 4.78 is 0. The normalized spacial score (nSPS) is 14.9. The third kappa shape index (κ3) is 5.33. The highest BCUT2D eigenvalue weighted by Gasteiger charge is 2.36. The van der Waals surface area contributed by atoms with Gasteiger partial charge < -0.3 is 14.7 Å². The summed E-state index contributed by atoms with van der Waals surface area (Å²) in [6.45, 7) is 5.84. The average Bonchev–Trinajstić information content (AvgIpc) is 3.49. The van der Waals surface area contributed by atoms with Gasteiger partial charge in [0.25, 0.3) is 0 Å². The van der Waals surface area contributed by atoms with E-state index in [9.17, 15) is 0 Å². The Morgan fingerprint density at radius 3 is 1.81 bits per heavy atom. The third-order valence-corrected chi connectivity index (χ3v) is 12.5. The molecule has 0 radical (unpaired) electrons. The Balaban J connectivity index is 0.945. The smallest absolute Gasteiger partial charge is 0.0703 e. The van der Waals surface area contributed by atoms with Crippen LogP contribution < -0.4 is 14.7 Å². The predicted molar refractivity (Wildman–Crippen MR) is 242 cm³/mol. The Kier molecular flexibility index (Phi) is 7.72. The second-order valence-electron chi connectivity index (χ2n) is 16.1. The molecule has 0 saturated carbocycles. The Morgan fingerprint density at radius 1 is 0.456 bits per heavy atom. The zero-order valence-electron chi connectivity index (χ0n) is 32.4. The standard InChI is InChI=1S/C54H43N3/c1-54(2)46-35-37(29-32-43(46)44-33-31-41(36-47(44)54)55-34-14-17-39-15-6-7-22-48(39)55)28-30-38-16-12-21-45-42(38)20-13-27-49(45)57-52-25-10-8-23-50(52)56(40-18-4-3-5-19-40)51-24-9-11-26-53(51)57/h3-13,15-16,18-33,35-36H,14,17,34H2,1-2H3/b30-28+. The Hall–Kier alpha value is -6.84. The molecule has 0 unspecified atom stereocenters. The molecule has 0 bridgehead atoms. The first-order valence-electron chi connectivity index (χ1n) is 20.2. The molecule has 0 N–H and O–H groups in total. The maximum atomic E-state index is 2.52. The van der Waals surface area contributed by atoms with E-state index in [0.29, 0.717) is 0 Å². The summed E-state index contributed by atoms with van der Waals surface area (Å²) in [4.78, 5) is 7.34. The van der Waals surface area contributed by atoms with E-state index in [0.717, 1.165) is 41.4 Å². The minimum Gasteiger partial charge on any atom is -0.341 e. The fourth-order valence-electron chi connectivity index (χ4n) is 9.72. The number of hydrogen-bond donors (Lipinski definition) is 0. The lowest BCUT2D eigenvalue weighted by atomic mass is 9.81. The zero-order valence-corrected chi connectivity index (χ0v) is 32.4. The SMILES string of the molecule is CC1(C)c2cc(/C=C/c3cccc4c(N5c6ccccc6N(c6ccccc6)c6ccccc65)cccc34)ccc2-c2ccc(N3CCCc4ccccc43)cc21. The van der Waals surface area contributed by atoms with Crippen molar-refractivity contribution in [3.05, 3.63) is 204 Å². The van der Waals surface area contributed by atoms with Gasteiger partial charge in [0.1, 0.15) is 0 Å². The van der Waals surface area contributed by atoms with E-state index in [2.05, 4.69) is 217 Å². The van der Waals surface area contributed by atoms with Crippen molar-refractivity contribution in [1.82, 2.24) is 0 Å². The highest BCUT2D eigenvalue weighted by Crippen LogP contribution is 2.55. The van der Waals surface area contributed by atoms with E-state index < -0.39 is 0 Å². The van der Waals surface area contributed by atoms with Crippen molar-refractivity contribution in [2.45, 2.75) is 32.1 Å². The minimum atomic E-state index is -0.106. The molecule has 0 saturated heterocycles. The highest BCUT2D eigenvalue weighted by atomic mass is 15.3. The van der Waals surface area contributed by atoms with Gasteiger partial charge in [-0.25, -0.2) is 0 Å². The quantitative estimate of drug-likeness (QED) is 0.163. The molecule has 1 aliphatic carbocycles. The van der Waals surface area contributed by atoms with Crippen LogP contribution in [0.5, 0.6) is 0 Å². The van der Waals surface area contributed by atoms with Gasteiger partial charge in [-0.05, 0) is 118 Å². The van der Waals surface area contributed by atoms with Crippen molar-refractivity contribution in [3.8, 4) is 11.1 Å². The molecule has 2 aliphatic heterocycles. The second kappa shape index (κ2) is 13.1. The lowest BCUT2D eigenvalue weighted by Gasteiger charge is -2.40. The van der Waals surface area contributed by atoms with Gasteiger partial charge in [0.15, 0.2) is 0 Å². The summed E-state index contributed by atoms with van der Waals surface area (Å²) >= 11 is 0. The molecule has 0 spiro atoms. The number of anilines is 8. The number of rotatable bonds is 5. The van der Waals surface area contributed by atoms with Crippen LogP contribution in [0.1, 0.15) is 48.1 Å². The monoisotopic (exact) mass is 733 g/mol. The highest BCUT2D eigenvalue weighted by molar-refractivity contribution is 6.08. The van der Waals surface area contributed by atoms with E-state index in [4.69, 9.17) is 0 Å². The van der Waals surface area contributed by atoms with Gasteiger partial charge in [0, 0.05) is 34.4 Å². The fraction of sp³-hybridized carbons (Fsp3) is 0.111. The van der Waals surface area contributed by atoms with Crippen LogP contribution in [0.15, 0.2) is 176 Å². The molecule has 8 aromatic rings. The van der Waals surface area contributed by atoms with Crippen LogP contribution in [0, 0.1) is 0 Å². The summed E-state index contributed by atoms with van der Waals surface area (Å²) in [7, 11) is 0. The number of hydrogen-bond acceptors (Lipinski definition) is 3. The molecular formula is C54H43N3. The van der Waals surface area contributed by atoms with Crippen LogP contribution in [0.2, 0.25) is 0 Å². The number of benzene rings is 8. The van der Waals surface area contributed by atoms with Gasteiger partial charge >= 0.3 is 0 Å². The molecule has 3 heteroatoms. The first-order chi connectivity index (χ1) is 28.0. The van der Waals surface area contributed by atoms with Crippen molar-refractivity contribution in [1.29, 1.82) is 0 Å². The Morgan fingerprint density at radius 2 is 1.05 bits per heavy atom. The fourth-order valence-corrected chi connectivity index (χ4v) is 9.72. The molecule has 274 valence electrons. The lowest BCUT2D eigenvalue weighted by Crippen LogP contribution is -2.25. The van der Waals surface area contributed by atoms with E-state index in [-0.39, 0.29) is 5.41 Å². The van der Waals surface area contributed by atoms with E-state index >= 15 is 0 Å². The molecule has 8 aromatic carbocycles. The van der Waals surface area contributed by atoms with Crippen LogP contribution in [-0.2, 0) is 11.8 Å². The molecule has 3 nitrogen and oxygen atoms in total. The van der Waals surface area contributed by atoms with Crippen molar-refractivity contribution in [2.75, 3.05) is 21.2 Å². The average molecular weight is 734 g/mol. The van der Waals surface area contributed by atoms with Gasteiger partial charge in [-0.15, -0.1) is 0 Å². The van der Waals surface area contributed by atoms with Crippen LogP contribution in [0.3, 0.4) is 0 Å². The maximum absolute atomic E-state index is 2.52. The van der Waals surface area contributed by atoms with Crippen molar-refractivity contribution >= 4 is 68.4 Å². The first kappa shape index (κ1) is 33.5. The largest absolute Gasteiger partial charge is 0.341 e. The third-order valence-electron chi connectivity index (χ3n) is 12.5. The van der Waals surface area contributed by atoms with Crippen molar-refractivity contribution in [2.24, 2.45) is 0 Å². The molecule has 3 aliphatic rings. The minimum absolute atomic E-state index is 0.106. The molecule has 0 fully saturated rings. The summed E-state index contributed by atoms with van der Waals surface area (Å²) in [6.07, 6.45) is 6.92. The number of para-hydroxylation sites is 6. The maximum Gasteiger partial charge on any atom is 0.0703 e. The molecule has 0 aromatic heterocycles. The van der Waals surface area contributed by atoms with Gasteiger partial charge in [-0.1, -0.05) is 141 Å². The van der Waals surface area contributed by atoms with Crippen LogP contribution in [0.4, 0.5) is 45.5 Å². The number of nitrogens with zero attached hydrogens (tertiary/aromatic N) is 3. The van der Waals surface area contributed by atoms with Crippen LogP contribution >= 0.6 is 0 Å². The summed E-state index contributed by atoms with van der Waals surface area (Å²) in [5.41, 5.74) is 18.9. The Labute approximate surface area is 335 Å². The van der Waals surface area contributed by atoms with Crippen molar-refractivity contribution in [3.63, 3.8) is 0 Å². The van der Waals surface area contributed by atoms with Crippen LogP contribution in [0.25, 0.3) is 34.1 Å². The van der Waals surface area contributed by atoms with Gasteiger partial charge in [0.2, 0.25) is 0 Å². The van der Waals surface area contributed by atoms with E-state index in [1.54, 1.807) is 0 Å². The predicted octanol–water partition coefficient (Wildman–Crippen LogP) is 14.7. The number of aryl methyl sites for hydroxylation is 1. The van der Waals surface area contributed by atoms with Gasteiger partial charge in [0.05, 0.1) is 28.4 Å². The van der Waals surface area contributed by atoms with E-state index in [1.165, 1.54) is 73.2 Å². The van der Waals surface area contributed by atoms with Gasteiger partial charge in [-0.2, -0.15) is 0 Å². The van der Waals surface area contributed by atoms with Gasteiger partial charge in [-0.3, -0.25) is 0 Å². The second-order valence-corrected chi connectivity index (χ2v) is 16.1. The molecule has 57 heavy (non-hydrogen) atoms. The van der Waals surface area contributed by atoms with Crippen molar-refractivity contribution < 1.29 is 0 Å². The molecule has 0 atom stereocenters. The molecule has 2 heterocycles. The van der Waals surface area contributed by atoms with Crippen LogP contribution in [-0.4, -0.2) is 6.54 Å². The molecule has 11 rings (SSSR count). The summed E-state index contributed by atoms with van der Waals surface area (Å²) in [5.74, 6) is 0. The van der Waals surface area contributed by atoms with E-state index in [1.807, 2.05) is 0 Å². The first-order valence-corrected chi connectivity index (χ1v) is 20.2. The molecular weight excluding hydrogens is 691 g/mol. The zero-order chi connectivity index (χ0) is 38.1. The summed E-state index contributed by atoms with van der Waals surface area (Å²) in [6, 6.07) is 64.7. The number of fused-ring (bicyclic) bond motifs is 7. The summed E-state index contributed by atoms with van der Waals surface area (Å²) in [5, 5.41) is 2.45. The topological polar surface area (TPSA) is 9.72 Å². The molecule has 0 amide bonds. The Bertz CT molecular complexity index is 2840. The lowest BCUT2D eigenvalue weighted by molar-refractivity contribution is 0.659.